The highest BCUT2D eigenvalue weighted by atomic mass is 16.6. The smallest absolute Gasteiger partial charge is 0.209 e. The van der Waals surface area contributed by atoms with Gasteiger partial charge < -0.3 is 0 Å². The van der Waals surface area contributed by atoms with Gasteiger partial charge in [0.15, 0.2) is 0 Å². The largest absolute Gasteiger partial charge is 0.300 e. The fourth-order valence-electron chi connectivity index (χ4n) is 1.36. The third kappa shape index (κ3) is 2.15. The van der Waals surface area contributed by atoms with Gasteiger partial charge in [-0.25, -0.2) is 0 Å². The third-order valence-electron chi connectivity index (χ3n) is 2.12. The molecule has 11 heavy (non-hydrogen) atoms. The van der Waals surface area contributed by atoms with Crippen molar-refractivity contribution in [3.8, 4) is 0 Å². The quantitative estimate of drug-likeness (QED) is 0.446. The van der Waals surface area contributed by atoms with Crippen molar-refractivity contribution < 1.29 is 4.92 Å². The molecule has 4 heteroatoms. The Bertz CT molecular complexity index is 153. The second kappa shape index (κ2) is 3.17. The zero-order valence-electron chi connectivity index (χ0n) is 6.99. The molecule has 0 atom stereocenters. The van der Waals surface area contributed by atoms with Crippen LogP contribution in [0.1, 0.15) is 13.8 Å². The summed E-state index contributed by atoms with van der Waals surface area (Å²) in [6, 6.07) is 0.540. The van der Waals surface area contributed by atoms with Crippen molar-refractivity contribution >= 4 is 0 Å². The summed E-state index contributed by atoms with van der Waals surface area (Å²) in [5.41, 5.74) is 0. The van der Waals surface area contributed by atoms with E-state index in [-0.39, 0.29) is 11.5 Å². The van der Waals surface area contributed by atoms with Crippen molar-refractivity contribution in [3.63, 3.8) is 0 Å². The summed E-state index contributed by atoms with van der Waals surface area (Å²) in [7, 11) is 0. The van der Waals surface area contributed by atoms with Crippen LogP contribution in [0.25, 0.3) is 0 Å². The molecule has 64 valence electrons. The maximum absolute atomic E-state index is 10.1. The fourth-order valence-corrected chi connectivity index (χ4v) is 1.36. The zero-order chi connectivity index (χ0) is 8.43. The summed E-state index contributed by atoms with van der Waals surface area (Å²) in [6.45, 7) is 6.17. The van der Waals surface area contributed by atoms with Gasteiger partial charge in [-0.05, 0) is 13.8 Å². The molecule has 0 radical (unpaired) electrons. The number of hydrogen-bond acceptors (Lipinski definition) is 3. The van der Waals surface area contributed by atoms with Crippen molar-refractivity contribution in [1.29, 1.82) is 0 Å². The first-order valence-corrected chi connectivity index (χ1v) is 3.95. The van der Waals surface area contributed by atoms with Gasteiger partial charge >= 0.3 is 0 Å². The Hall–Kier alpha value is -0.640. The second-order valence-corrected chi connectivity index (χ2v) is 3.43. The van der Waals surface area contributed by atoms with E-state index >= 15 is 0 Å². The molecule has 1 fully saturated rings. The monoisotopic (exact) mass is 158 g/mol. The van der Waals surface area contributed by atoms with Crippen LogP contribution in [0.2, 0.25) is 0 Å². The van der Waals surface area contributed by atoms with E-state index < -0.39 is 0 Å². The molecule has 1 heterocycles. The van der Waals surface area contributed by atoms with Crippen LogP contribution in [0.3, 0.4) is 0 Å². The fraction of sp³-hybridized carbons (Fsp3) is 1.00. The maximum atomic E-state index is 10.1. The number of likely N-dealkylation sites (tertiary alicyclic amines) is 1. The number of hydrogen-bond donors (Lipinski definition) is 0. The van der Waals surface area contributed by atoms with Crippen LogP contribution in [0.4, 0.5) is 0 Å². The van der Waals surface area contributed by atoms with Crippen molar-refractivity contribution in [2.75, 3.05) is 19.6 Å². The van der Waals surface area contributed by atoms with Crippen LogP contribution < -0.4 is 0 Å². The van der Waals surface area contributed by atoms with Gasteiger partial charge in [0.2, 0.25) is 6.54 Å². The van der Waals surface area contributed by atoms with Crippen molar-refractivity contribution in [2.24, 2.45) is 5.92 Å². The first kappa shape index (κ1) is 8.46. The Morgan fingerprint density at radius 3 is 2.55 bits per heavy atom. The molecular weight excluding hydrogens is 144 g/mol. The third-order valence-corrected chi connectivity index (χ3v) is 2.12. The Kier molecular flexibility index (Phi) is 2.44. The van der Waals surface area contributed by atoms with E-state index in [2.05, 4.69) is 18.7 Å². The van der Waals surface area contributed by atoms with Gasteiger partial charge in [0, 0.05) is 30.0 Å². The van der Waals surface area contributed by atoms with Gasteiger partial charge in [-0.1, -0.05) is 0 Å². The summed E-state index contributed by atoms with van der Waals surface area (Å²) in [4.78, 5) is 12.1. The minimum atomic E-state index is -0.220. The van der Waals surface area contributed by atoms with Crippen LogP contribution in [0, 0.1) is 16.0 Å². The molecule has 0 aliphatic carbocycles. The van der Waals surface area contributed by atoms with Gasteiger partial charge in [-0.3, -0.25) is 15.0 Å². The molecule has 0 aromatic carbocycles. The highest BCUT2D eigenvalue weighted by Gasteiger charge is 2.31. The van der Waals surface area contributed by atoms with Gasteiger partial charge in [0.1, 0.15) is 0 Å². The predicted molar refractivity (Wildman–Crippen MR) is 42.1 cm³/mol. The first-order valence-electron chi connectivity index (χ1n) is 3.95. The Morgan fingerprint density at radius 2 is 2.18 bits per heavy atom. The topological polar surface area (TPSA) is 46.4 Å². The number of nitrogens with zero attached hydrogens (tertiary/aromatic N) is 2. The molecule has 0 saturated carbocycles. The van der Waals surface area contributed by atoms with Crippen LogP contribution in [0.15, 0.2) is 0 Å². The highest BCUT2D eigenvalue weighted by Crippen LogP contribution is 2.17. The Balaban J connectivity index is 2.14. The molecule has 1 aliphatic rings. The summed E-state index contributed by atoms with van der Waals surface area (Å²) in [5, 5.41) is 10.1. The van der Waals surface area contributed by atoms with E-state index in [4.69, 9.17) is 0 Å². The molecule has 0 N–H and O–H groups in total. The second-order valence-electron chi connectivity index (χ2n) is 3.43. The van der Waals surface area contributed by atoms with Crippen molar-refractivity contribution in [1.82, 2.24) is 4.90 Å². The van der Waals surface area contributed by atoms with E-state index in [9.17, 15) is 10.1 Å². The molecule has 1 aliphatic heterocycles. The van der Waals surface area contributed by atoms with Gasteiger partial charge in [0.05, 0.1) is 0 Å². The minimum Gasteiger partial charge on any atom is -0.300 e. The van der Waals surface area contributed by atoms with E-state index in [0.29, 0.717) is 12.0 Å². The lowest BCUT2D eigenvalue weighted by Crippen LogP contribution is -2.52. The summed E-state index contributed by atoms with van der Waals surface area (Å²) in [6.07, 6.45) is 0. The lowest BCUT2D eigenvalue weighted by Gasteiger charge is -2.39. The Morgan fingerprint density at radius 1 is 1.64 bits per heavy atom. The molecule has 0 spiro atoms. The molecule has 0 bridgehead atoms. The van der Waals surface area contributed by atoms with Crippen LogP contribution >= 0.6 is 0 Å². The molecule has 4 nitrogen and oxygen atoms in total. The van der Waals surface area contributed by atoms with E-state index in [1.54, 1.807) is 0 Å². The molecular formula is C7H14N2O2. The first-order chi connectivity index (χ1) is 5.09. The van der Waals surface area contributed by atoms with E-state index in [1.165, 1.54) is 0 Å². The summed E-state index contributed by atoms with van der Waals surface area (Å²) in [5.74, 6) is 0.299. The van der Waals surface area contributed by atoms with Gasteiger partial charge in [-0.2, -0.15) is 0 Å². The van der Waals surface area contributed by atoms with Crippen LogP contribution in [-0.2, 0) is 0 Å². The number of nitro groups is 1. The minimum absolute atomic E-state index is 0.142. The molecule has 1 rings (SSSR count). The van der Waals surface area contributed by atoms with Gasteiger partial charge in [-0.15, -0.1) is 0 Å². The van der Waals surface area contributed by atoms with Crippen molar-refractivity contribution in [3.05, 3.63) is 10.1 Å². The van der Waals surface area contributed by atoms with Crippen LogP contribution in [0.5, 0.6) is 0 Å². The Labute approximate surface area is 66.3 Å². The average molecular weight is 158 g/mol. The molecule has 0 amide bonds. The van der Waals surface area contributed by atoms with Gasteiger partial charge in [0.25, 0.3) is 0 Å². The average Bonchev–Trinajstić information content (AvgIpc) is 1.75. The number of rotatable bonds is 3. The molecule has 1 saturated heterocycles. The predicted octanol–water partition coefficient (Wildman–Crippen LogP) is 0.603. The molecule has 0 aromatic rings. The highest BCUT2D eigenvalue weighted by molar-refractivity contribution is 4.81. The zero-order valence-corrected chi connectivity index (χ0v) is 6.99. The van der Waals surface area contributed by atoms with Crippen molar-refractivity contribution in [2.45, 2.75) is 19.9 Å². The van der Waals surface area contributed by atoms with E-state index in [0.717, 1.165) is 13.1 Å². The lowest BCUT2D eigenvalue weighted by atomic mass is 9.99. The normalized spacial score (nSPS) is 20.3. The molecule has 0 unspecified atom stereocenters. The lowest BCUT2D eigenvalue weighted by molar-refractivity contribution is -0.491. The standard InChI is InChI=1S/C7H14N2O2/c1-6(2)8-3-7(4-8)5-9(10)11/h6-7H,3-5H2,1-2H3. The van der Waals surface area contributed by atoms with Crippen LogP contribution in [-0.4, -0.2) is 35.5 Å². The van der Waals surface area contributed by atoms with E-state index in [1.807, 2.05) is 0 Å². The summed E-state index contributed by atoms with van der Waals surface area (Å²) < 4.78 is 0. The maximum Gasteiger partial charge on any atom is 0.209 e. The SMILES string of the molecule is CC(C)N1CC(C[N+](=O)[O-])C1. The summed E-state index contributed by atoms with van der Waals surface area (Å²) >= 11 is 0. The molecule has 0 aromatic heterocycles.